The maximum atomic E-state index is 12.6. The SMILES string of the molecule is COc1ccccc1N1CC(C(=O)N2CCC(O)CC2)CC1=O. The van der Waals surface area contributed by atoms with Gasteiger partial charge in [-0.3, -0.25) is 9.59 Å². The van der Waals surface area contributed by atoms with Crippen LogP contribution in [0.5, 0.6) is 5.75 Å². The van der Waals surface area contributed by atoms with Crippen LogP contribution >= 0.6 is 0 Å². The molecule has 2 fully saturated rings. The van der Waals surface area contributed by atoms with E-state index >= 15 is 0 Å². The molecule has 1 aromatic rings. The van der Waals surface area contributed by atoms with Gasteiger partial charge in [0.05, 0.1) is 24.8 Å². The van der Waals surface area contributed by atoms with Crippen molar-refractivity contribution in [1.29, 1.82) is 0 Å². The molecule has 0 spiro atoms. The van der Waals surface area contributed by atoms with Gasteiger partial charge >= 0.3 is 0 Å². The second kappa shape index (κ2) is 6.58. The van der Waals surface area contributed by atoms with Crippen LogP contribution in [0, 0.1) is 5.92 Å². The zero-order chi connectivity index (χ0) is 16.4. The number of para-hydroxylation sites is 2. The number of likely N-dealkylation sites (tertiary alicyclic amines) is 1. The molecule has 2 amide bonds. The molecule has 0 bridgehead atoms. The van der Waals surface area contributed by atoms with E-state index in [1.165, 1.54) is 0 Å². The number of benzene rings is 1. The smallest absolute Gasteiger partial charge is 0.228 e. The molecule has 124 valence electrons. The Kier molecular flexibility index (Phi) is 4.52. The molecule has 0 aromatic heterocycles. The number of carbonyl (C=O) groups is 2. The summed E-state index contributed by atoms with van der Waals surface area (Å²) in [5.74, 6) is 0.283. The molecule has 2 aliphatic heterocycles. The third-order valence-corrected chi connectivity index (χ3v) is 4.63. The first-order chi connectivity index (χ1) is 11.1. The van der Waals surface area contributed by atoms with Gasteiger partial charge in [-0.25, -0.2) is 0 Å². The van der Waals surface area contributed by atoms with Crippen molar-refractivity contribution in [2.45, 2.75) is 25.4 Å². The molecule has 2 aliphatic rings. The highest BCUT2D eigenvalue weighted by molar-refractivity contribution is 6.01. The first-order valence-electron chi connectivity index (χ1n) is 8.00. The standard InChI is InChI=1S/C17H22N2O4/c1-23-15-5-3-2-4-14(15)19-11-12(10-16(19)21)17(22)18-8-6-13(20)7-9-18/h2-5,12-13,20H,6-11H2,1H3. The number of anilines is 1. The highest BCUT2D eigenvalue weighted by atomic mass is 16.5. The Morgan fingerprint density at radius 2 is 1.96 bits per heavy atom. The quantitative estimate of drug-likeness (QED) is 0.904. The Hall–Kier alpha value is -2.08. The van der Waals surface area contributed by atoms with E-state index in [0.717, 1.165) is 0 Å². The van der Waals surface area contributed by atoms with Crippen molar-refractivity contribution in [2.24, 2.45) is 5.92 Å². The maximum Gasteiger partial charge on any atom is 0.228 e. The van der Waals surface area contributed by atoms with Crippen LogP contribution in [0.15, 0.2) is 24.3 Å². The van der Waals surface area contributed by atoms with Crippen molar-refractivity contribution >= 4 is 17.5 Å². The van der Waals surface area contributed by atoms with Gasteiger partial charge in [-0.2, -0.15) is 0 Å². The van der Waals surface area contributed by atoms with Crippen molar-refractivity contribution in [2.75, 3.05) is 31.6 Å². The maximum absolute atomic E-state index is 12.6. The van der Waals surface area contributed by atoms with Crippen LogP contribution in [-0.2, 0) is 9.59 Å². The first kappa shape index (κ1) is 15.8. The zero-order valence-electron chi connectivity index (χ0n) is 13.3. The average Bonchev–Trinajstić information content (AvgIpc) is 2.96. The Morgan fingerprint density at radius 3 is 2.65 bits per heavy atom. The number of ether oxygens (including phenoxy) is 1. The Balaban J connectivity index is 1.71. The number of nitrogens with zero attached hydrogens (tertiary/aromatic N) is 2. The third-order valence-electron chi connectivity index (χ3n) is 4.63. The summed E-state index contributed by atoms with van der Waals surface area (Å²) < 4.78 is 5.31. The normalized spacial score (nSPS) is 22.5. The van der Waals surface area contributed by atoms with Crippen LogP contribution in [0.4, 0.5) is 5.69 Å². The number of amides is 2. The lowest BCUT2D eigenvalue weighted by Gasteiger charge is -2.31. The summed E-state index contributed by atoms with van der Waals surface area (Å²) in [6.07, 6.45) is 1.15. The van der Waals surface area contributed by atoms with Gasteiger partial charge in [0, 0.05) is 26.1 Å². The monoisotopic (exact) mass is 318 g/mol. The number of hydrogen-bond acceptors (Lipinski definition) is 4. The van der Waals surface area contributed by atoms with Gasteiger partial charge in [0.15, 0.2) is 0 Å². The molecule has 0 saturated carbocycles. The number of piperidine rings is 1. The summed E-state index contributed by atoms with van der Waals surface area (Å²) >= 11 is 0. The second-order valence-electron chi connectivity index (χ2n) is 6.13. The van der Waals surface area contributed by atoms with E-state index in [4.69, 9.17) is 4.74 Å². The molecular formula is C17H22N2O4. The predicted octanol–water partition coefficient (Wildman–Crippen LogP) is 1.03. The van der Waals surface area contributed by atoms with Crippen LogP contribution in [-0.4, -0.2) is 54.7 Å². The van der Waals surface area contributed by atoms with Gasteiger partial charge in [0.1, 0.15) is 5.75 Å². The van der Waals surface area contributed by atoms with Crippen molar-refractivity contribution in [3.8, 4) is 5.75 Å². The van der Waals surface area contributed by atoms with E-state index in [0.29, 0.717) is 43.9 Å². The number of aliphatic hydroxyl groups is 1. The lowest BCUT2D eigenvalue weighted by atomic mass is 10.0. The van der Waals surface area contributed by atoms with Crippen molar-refractivity contribution in [1.82, 2.24) is 4.90 Å². The summed E-state index contributed by atoms with van der Waals surface area (Å²) in [6.45, 7) is 1.52. The van der Waals surface area contributed by atoms with E-state index in [9.17, 15) is 14.7 Å². The fourth-order valence-electron chi connectivity index (χ4n) is 3.30. The fourth-order valence-corrected chi connectivity index (χ4v) is 3.30. The third kappa shape index (κ3) is 3.17. The van der Waals surface area contributed by atoms with E-state index in [1.807, 2.05) is 24.3 Å². The van der Waals surface area contributed by atoms with Crippen molar-refractivity contribution in [3.05, 3.63) is 24.3 Å². The summed E-state index contributed by atoms with van der Waals surface area (Å²) in [4.78, 5) is 28.4. The molecule has 3 rings (SSSR count). The molecule has 1 unspecified atom stereocenters. The lowest BCUT2D eigenvalue weighted by molar-refractivity contribution is -0.137. The van der Waals surface area contributed by atoms with E-state index < -0.39 is 0 Å². The summed E-state index contributed by atoms with van der Waals surface area (Å²) in [5, 5.41) is 9.55. The van der Waals surface area contributed by atoms with Gasteiger partial charge in [0.2, 0.25) is 11.8 Å². The number of methoxy groups -OCH3 is 1. The summed E-state index contributed by atoms with van der Waals surface area (Å²) in [5.41, 5.74) is 0.712. The van der Waals surface area contributed by atoms with Crippen LogP contribution in [0.1, 0.15) is 19.3 Å². The minimum atomic E-state index is -0.317. The van der Waals surface area contributed by atoms with E-state index in [1.54, 1.807) is 16.9 Å². The van der Waals surface area contributed by atoms with Gasteiger partial charge in [-0.1, -0.05) is 12.1 Å². The van der Waals surface area contributed by atoms with Gasteiger partial charge in [-0.15, -0.1) is 0 Å². The zero-order valence-corrected chi connectivity index (χ0v) is 13.3. The van der Waals surface area contributed by atoms with Crippen molar-refractivity contribution < 1.29 is 19.4 Å². The Labute approximate surface area is 135 Å². The Bertz CT molecular complexity index is 596. The van der Waals surface area contributed by atoms with Gasteiger partial charge in [-0.05, 0) is 25.0 Å². The van der Waals surface area contributed by atoms with Gasteiger partial charge in [0.25, 0.3) is 0 Å². The van der Waals surface area contributed by atoms with Crippen LogP contribution < -0.4 is 9.64 Å². The fraction of sp³-hybridized carbons (Fsp3) is 0.529. The number of aliphatic hydroxyl groups excluding tert-OH is 1. The summed E-state index contributed by atoms with van der Waals surface area (Å²) in [7, 11) is 1.57. The first-order valence-corrected chi connectivity index (χ1v) is 8.00. The summed E-state index contributed by atoms with van der Waals surface area (Å²) in [6, 6.07) is 7.35. The highest BCUT2D eigenvalue weighted by Gasteiger charge is 2.38. The number of carbonyl (C=O) groups excluding carboxylic acids is 2. The molecule has 2 saturated heterocycles. The number of rotatable bonds is 3. The van der Waals surface area contributed by atoms with E-state index in [2.05, 4.69) is 0 Å². The minimum Gasteiger partial charge on any atom is -0.495 e. The molecule has 23 heavy (non-hydrogen) atoms. The average molecular weight is 318 g/mol. The van der Waals surface area contributed by atoms with E-state index in [-0.39, 0.29) is 30.3 Å². The molecule has 6 heteroatoms. The molecule has 1 aromatic carbocycles. The largest absolute Gasteiger partial charge is 0.495 e. The van der Waals surface area contributed by atoms with Gasteiger partial charge < -0.3 is 19.6 Å². The van der Waals surface area contributed by atoms with Crippen LogP contribution in [0.2, 0.25) is 0 Å². The molecular weight excluding hydrogens is 296 g/mol. The molecule has 1 atom stereocenters. The highest BCUT2D eigenvalue weighted by Crippen LogP contribution is 2.33. The Morgan fingerprint density at radius 1 is 1.26 bits per heavy atom. The number of hydrogen-bond donors (Lipinski definition) is 1. The second-order valence-corrected chi connectivity index (χ2v) is 6.13. The van der Waals surface area contributed by atoms with Crippen LogP contribution in [0.3, 0.4) is 0 Å². The topological polar surface area (TPSA) is 70.1 Å². The molecule has 6 nitrogen and oxygen atoms in total. The molecule has 0 aliphatic carbocycles. The van der Waals surface area contributed by atoms with Crippen LogP contribution in [0.25, 0.3) is 0 Å². The molecule has 0 radical (unpaired) electrons. The molecule has 1 N–H and O–H groups in total. The minimum absolute atomic E-state index is 0.0163. The van der Waals surface area contributed by atoms with Crippen molar-refractivity contribution in [3.63, 3.8) is 0 Å². The predicted molar refractivity (Wildman–Crippen MR) is 85.3 cm³/mol. The molecule has 2 heterocycles. The lowest BCUT2D eigenvalue weighted by Crippen LogP contribution is -2.43.